The maximum Gasteiger partial charge on any atom is 0.224 e. The largest absolute Gasteiger partial charge is 0.337 e. The van der Waals surface area contributed by atoms with Gasteiger partial charge in [0, 0.05) is 37.8 Å². The van der Waals surface area contributed by atoms with Crippen molar-refractivity contribution >= 4 is 16.9 Å². The molecule has 1 fully saturated rings. The maximum absolute atomic E-state index is 11.8. The average Bonchev–Trinajstić information content (AvgIpc) is 2.79. The number of likely N-dealkylation sites (tertiary alicyclic amines) is 1. The fourth-order valence-electron chi connectivity index (χ4n) is 2.36. The molecule has 1 saturated heterocycles. The Morgan fingerprint density at radius 2 is 2.11 bits per heavy atom. The monoisotopic (exact) mass is 251 g/mol. The molecule has 19 heavy (non-hydrogen) atoms. The highest BCUT2D eigenvalue weighted by molar-refractivity contribution is 5.79. The molecule has 1 aromatic heterocycles. The fraction of sp³-hybridized carbons (Fsp3) is 0.267. The second-order valence-electron chi connectivity index (χ2n) is 4.72. The Hall–Kier alpha value is -2.41. The van der Waals surface area contributed by atoms with E-state index in [2.05, 4.69) is 15.9 Å². The molecule has 0 saturated carbocycles. The Bertz CT molecular complexity index is 674. The smallest absolute Gasteiger partial charge is 0.224 e. The Morgan fingerprint density at radius 1 is 1.32 bits per heavy atom. The van der Waals surface area contributed by atoms with Crippen LogP contribution in [0.3, 0.4) is 0 Å². The Balaban J connectivity index is 1.82. The molecule has 0 N–H and O–H groups in total. The zero-order chi connectivity index (χ0) is 13.2. The third-order valence-electron chi connectivity index (χ3n) is 3.36. The Morgan fingerprint density at radius 3 is 2.84 bits per heavy atom. The second-order valence-corrected chi connectivity index (χ2v) is 4.72. The third kappa shape index (κ3) is 2.27. The summed E-state index contributed by atoms with van der Waals surface area (Å²) < 4.78 is 0. The quantitative estimate of drug-likeness (QED) is 0.762. The number of rotatable bonds is 2. The van der Waals surface area contributed by atoms with Crippen LogP contribution in [0.25, 0.3) is 11.0 Å². The molecule has 0 aliphatic carbocycles. The molecular formula is C15H13N3O. The number of hydrogen-bond donors (Lipinski definition) is 0. The summed E-state index contributed by atoms with van der Waals surface area (Å²) in [6, 6.07) is 5.88. The highest BCUT2D eigenvalue weighted by atomic mass is 16.2. The summed E-state index contributed by atoms with van der Waals surface area (Å²) in [5.74, 6) is 2.83. The van der Waals surface area contributed by atoms with Crippen LogP contribution in [0.4, 0.5) is 0 Å². The van der Waals surface area contributed by atoms with E-state index in [-0.39, 0.29) is 11.8 Å². The van der Waals surface area contributed by atoms with Gasteiger partial charge in [-0.2, -0.15) is 0 Å². The van der Waals surface area contributed by atoms with Gasteiger partial charge in [0.15, 0.2) is 0 Å². The molecular weight excluding hydrogens is 238 g/mol. The molecule has 1 atom stereocenters. The van der Waals surface area contributed by atoms with Gasteiger partial charge in [-0.15, -0.1) is 12.3 Å². The molecule has 2 aromatic rings. The number of carbonyl (C=O) groups is 1. The zero-order valence-electron chi connectivity index (χ0n) is 10.4. The molecule has 1 aliphatic heterocycles. The van der Waals surface area contributed by atoms with E-state index in [4.69, 9.17) is 6.42 Å². The van der Waals surface area contributed by atoms with E-state index in [1.165, 1.54) is 0 Å². The van der Waals surface area contributed by atoms with E-state index in [1.54, 1.807) is 12.4 Å². The summed E-state index contributed by atoms with van der Waals surface area (Å²) in [7, 11) is 0. The second kappa shape index (κ2) is 4.69. The van der Waals surface area contributed by atoms with E-state index in [1.807, 2.05) is 23.1 Å². The van der Waals surface area contributed by atoms with Gasteiger partial charge in [-0.1, -0.05) is 6.07 Å². The van der Waals surface area contributed by atoms with Crippen molar-refractivity contribution in [3.05, 3.63) is 36.2 Å². The van der Waals surface area contributed by atoms with Gasteiger partial charge in [-0.3, -0.25) is 14.8 Å². The number of carbonyl (C=O) groups excluding carboxylic acids is 1. The topological polar surface area (TPSA) is 46.1 Å². The van der Waals surface area contributed by atoms with Crippen LogP contribution in [-0.2, 0) is 11.3 Å². The highest BCUT2D eigenvalue weighted by Crippen LogP contribution is 2.20. The molecule has 1 aliphatic rings. The molecule has 0 spiro atoms. The van der Waals surface area contributed by atoms with Gasteiger partial charge >= 0.3 is 0 Å². The van der Waals surface area contributed by atoms with Crippen LogP contribution in [0.1, 0.15) is 12.0 Å². The summed E-state index contributed by atoms with van der Waals surface area (Å²) in [5, 5.41) is 0. The lowest BCUT2D eigenvalue weighted by molar-refractivity contribution is -0.128. The van der Waals surface area contributed by atoms with Crippen LogP contribution in [0, 0.1) is 18.3 Å². The lowest BCUT2D eigenvalue weighted by Crippen LogP contribution is -2.24. The van der Waals surface area contributed by atoms with Gasteiger partial charge in [0.05, 0.1) is 11.0 Å². The fourth-order valence-corrected chi connectivity index (χ4v) is 2.36. The Labute approximate surface area is 111 Å². The number of fused-ring (bicyclic) bond motifs is 1. The first-order valence-corrected chi connectivity index (χ1v) is 6.20. The average molecular weight is 251 g/mol. The predicted molar refractivity (Wildman–Crippen MR) is 71.9 cm³/mol. The summed E-state index contributed by atoms with van der Waals surface area (Å²) in [5.41, 5.74) is 2.76. The van der Waals surface area contributed by atoms with Crippen LogP contribution >= 0.6 is 0 Å². The van der Waals surface area contributed by atoms with Crippen molar-refractivity contribution < 1.29 is 4.79 Å². The SMILES string of the molecule is C#CC1CC(=O)N(Cc2ccc3nccnc3c2)C1. The van der Waals surface area contributed by atoms with Crippen molar-refractivity contribution in [2.24, 2.45) is 5.92 Å². The summed E-state index contributed by atoms with van der Waals surface area (Å²) in [6.45, 7) is 1.23. The molecule has 4 nitrogen and oxygen atoms in total. The number of hydrogen-bond acceptors (Lipinski definition) is 3. The summed E-state index contributed by atoms with van der Waals surface area (Å²) in [6.07, 6.45) is 9.18. The minimum atomic E-state index is 0.0488. The maximum atomic E-state index is 11.8. The van der Waals surface area contributed by atoms with Gasteiger partial charge in [-0.05, 0) is 17.7 Å². The van der Waals surface area contributed by atoms with E-state index < -0.39 is 0 Å². The molecule has 2 heterocycles. The van der Waals surface area contributed by atoms with Crippen LogP contribution in [0.2, 0.25) is 0 Å². The lowest BCUT2D eigenvalue weighted by atomic mass is 10.1. The predicted octanol–water partition coefficient (Wildman–Crippen LogP) is 1.61. The van der Waals surface area contributed by atoms with E-state index in [9.17, 15) is 4.79 Å². The minimum Gasteiger partial charge on any atom is -0.337 e. The first kappa shape index (κ1) is 11.7. The number of amides is 1. The molecule has 0 radical (unpaired) electrons. The molecule has 4 heteroatoms. The number of aromatic nitrogens is 2. The number of benzene rings is 1. The highest BCUT2D eigenvalue weighted by Gasteiger charge is 2.27. The van der Waals surface area contributed by atoms with Gasteiger partial charge in [-0.25, -0.2) is 0 Å². The van der Waals surface area contributed by atoms with Crippen molar-refractivity contribution in [2.45, 2.75) is 13.0 Å². The van der Waals surface area contributed by atoms with Crippen molar-refractivity contribution in [1.82, 2.24) is 14.9 Å². The normalized spacial score (nSPS) is 18.8. The van der Waals surface area contributed by atoms with Crippen LogP contribution < -0.4 is 0 Å². The Kier molecular flexibility index (Phi) is 2.88. The van der Waals surface area contributed by atoms with E-state index in [0.717, 1.165) is 16.6 Å². The third-order valence-corrected chi connectivity index (χ3v) is 3.36. The number of nitrogens with zero attached hydrogens (tertiary/aromatic N) is 3. The van der Waals surface area contributed by atoms with E-state index >= 15 is 0 Å². The zero-order valence-corrected chi connectivity index (χ0v) is 10.4. The van der Waals surface area contributed by atoms with Gasteiger partial charge in [0.25, 0.3) is 0 Å². The van der Waals surface area contributed by atoms with Crippen molar-refractivity contribution in [2.75, 3.05) is 6.54 Å². The van der Waals surface area contributed by atoms with Crippen molar-refractivity contribution in [1.29, 1.82) is 0 Å². The van der Waals surface area contributed by atoms with Gasteiger partial charge in [0.2, 0.25) is 5.91 Å². The van der Waals surface area contributed by atoms with Gasteiger partial charge < -0.3 is 4.90 Å². The van der Waals surface area contributed by atoms with Crippen LogP contribution in [-0.4, -0.2) is 27.3 Å². The molecule has 3 rings (SSSR count). The standard InChI is InChI=1S/C15H13N3O/c1-2-11-8-15(19)18(9-11)10-12-3-4-13-14(7-12)17-6-5-16-13/h1,3-7,11H,8-10H2. The number of terminal acetylenes is 1. The first-order chi connectivity index (χ1) is 9.26. The van der Waals surface area contributed by atoms with Crippen LogP contribution in [0.15, 0.2) is 30.6 Å². The van der Waals surface area contributed by atoms with Crippen molar-refractivity contribution in [3.8, 4) is 12.3 Å². The molecule has 1 unspecified atom stereocenters. The molecule has 94 valence electrons. The van der Waals surface area contributed by atoms with Crippen LogP contribution in [0.5, 0.6) is 0 Å². The van der Waals surface area contributed by atoms with Crippen molar-refractivity contribution in [3.63, 3.8) is 0 Å². The van der Waals surface area contributed by atoms with Gasteiger partial charge in [0.1, 0.15) is 0 Å². The lowest BCUT2D eigenvalue weighted by Gasteiger charge is -2.15. The molecule has 1 amide bonds. The minimum absolute atomic E-state index is 0.0488. The summed E-state index contributed by atoms with van der Waals surface area (Å²) in [4.78, 5) is 22.1. The first-order valence-electron chi connectivity index (χ1n) is 6.20. The summed E-state index contributed by atoms with van der Waals surface area (Å²) >= 11 is 0. The molecule has 0 bridgehead atoms. The molecule has 1 aromatic carbocycles. The van der Waals surface area contributed by atoms with E-state index in [0.29, 0.717) is 19.5 Å².